The highest BCUT2D eigenvalue weighted by atomic mass is 127. The molecular weight excluding hydrogens is 485 g/mol. The molecule has 154 valence electrons. The third-order valence-electron chi connectivity index (χ3n) is 5.09. The second-order valence-corrected chi connectivity index (χ2v) is 7.54. The summed E-state index contributed by atoms with van der Waals surface area (Å²) in [6.07, 6.45) is 1.99. The van der Waals surface area contributed by atoms with Gasteiger partial charge in [-0.2, -0.15) is 11.3 Å². The number of ether oxygens (including phenoxy) is 2. The quantitative estimate of drug-likeness (QED) is 0.330. The Labute approximate surface area is 189 Å². The molecule has 0 aliphatic carbocycles. The molecule has 1 aliphatic rings. The zero-order chi connectivity index (χ0) is 19.0. The lowest BCUT2D eigenvalue weighted by atomic mass is 9.74. The van der Waals surface area contributed by atoms with Crippen molar-refractivity contribution in [2.24, 2.45) is 4.99 Å². The first-order chi connectivity index (χ1) is 13.3. The topological polar surface area (TPSA) is 54.9 Å². The number of guanidine groups is 1. The van der Waals surface area contributed by atoms with Gasteiger partial charge in [-0.25, -0.2) is 0 Å². The monoisotopic (exact) mass is 515 g/mol. The fourth-order valence-electron chi connectivity index (χ4n) is 3.45. The largest absolute Gasteiger partial charge is 0.494 e. The normalized spacial score (nSPS) is 16.1. The van der Waals surface area contributed by atoms with Crippen LogP contribution in [0.4, 0.5) is 0 Å². The number of aliphatic imine (C=N–C) groups is 1. The van der Waals surface area contributed by atoms with Crippen LogP contribution in [0.1, 0.15) is 30.9 Å². The summed E-state index contributed by atoms with van der Waals surface area (Å²) in [5.41, 5.74) is 2.65. The van der Waals surface area contributed by atoms with Crippen LogP contribution in [0, 0.1) is 0 Å². The van der Waals surface area contributed by atoms with Gasteiger partial charge in [0.15, 0.2) is 5.96 Å². The van der Waals surface area contributed by atoms with E-state index in [1.54, 1.807) is 11.3 Å². The van der Waals surface area contributed by atoms with Crippen molar-refractivity contribution in [3.05, 3.63) is 52.2 Å². The van der Waals surface area contributed by atoms with Crippen LogP contribution in [-0.4, -0.2) is 39.4 Å². The van der Waals surface area contributed by atoms with Gasteiger partial charge in [0.2, 0.25) is 0 Å². The smallest absolute Gasteiger partial charge is 0.191 e. The van der Waals surface area contributed by atoms with Gasteiger partial charge in [0, 0.05) is 38.8 Å². The Morgan fingerprint density at radius 1 is 1.18 bits per heavy atom. The van der Waals surface area contributed by atoms with Crippen LogP contribution in [0.2, 0.25) is 0 Å². The van der Waals surface area contributed by atoms with Gasteiger partial charge < -0.3 is 20.1 Å². The molecule has 0 atom stereocenters. The summed E-state index contributed by atoms with van der Waals surface area (Å²) in [5, 5.41) is 11.2. The molecule has 3 rings (SSSR count). The van der Waals surface area contributed by atoms with Gasteiger partial charge in [0.1, 0.15) is 5.75 Å². The van der Waals surface area contributed by atoms with E-state index in [1.807, 2.05) is 14.0 Å². The minimum absolute atomic E-state index is 0. The Hall–Kier alpha value is -1.32. The maximum atomic E-state index is 5.64. The third-order valence-corrected chi connectivity index (χ3v) is 5.82. The molecule has 28 heavy (non-hydrogen) atoms. The van der Waals surface area contributed by atoms with Crippen LogP contribution in [0.15, 0.2) is 46.1 Å². The zero-order valence-corrected chi connectivity index (χ0v) is 19.7. The van der Waals surface area contributed by atoms with Crippen molar-refractivity contribution in [1.29, 1.82) is 0 Å². The van der Waals surface area contributed by atoms with Crippen LogP contribution in [0.5, 0.6) is 5.75 Å². The number of nitrogens with one attached hydrogen (secondary N) is 2. The molecule has 0 saturated carbocycles. The van der Waals surface area contributed by atoms with Crippen molar-refractivity contribution in [3.8, 4) is 5.75 Å². The molecule has 0 amide bonds. The second kappa shape index (κ2) is 11.6. The molecule has 2 N–H and O–H groups in total. The van der Waals surface area contributed by atoms with Crippen LogP contribution in [-0.2, 0) is 16.7 Å². The van der Waals surface area contributed by atoms with Gasteiger partial charge in [0.05, 0.1) is 6.61 Å². The molecule has 0 unspecified atom stereocenters. The van der Waals surface area contributed by atoms with Crippen molar-refractivity contribution < 1.29 is 9.47 Å². The van der Waals surface area contributed by atoms with Crippen molar-refractivity contribution in [3.63, 3.8) is 0 Å². The number of rotatable bonds is 7. The Kier molecular flexibility index (Phi) is 9.53. The molecule has 7 heteroatoms. The molecule has 0 spiro atoms. The van der Waals surface area contributed by atoms with Crippen LogP contribution >= 0.6 is 35.3 Å². The van der Waals surface area contributed by atoms with Gasteiger partial charge in [-0.3, -0.25) is 4.99 Å². The van der Waals surface area contributed by atoms with Crippen molar-refractivity contribution in [1.82, 2.24) is 10.6 Å². The van der Waals surface area contributed by atoms with E-state index >= 15 is 0 Å². The van der Waals surface area contributed by atoms with Gasteiger partial charge in [-0.05, 0) is 59.9 Å². The maximum Gasteiger partial charge on any atom is 0.191 e. The van der Waals surface area contributed by atoms with E-state index in [0.29, 0.717) is 6.61 Å². The number of halogens is 1. The van der Waals surface area contributed by atoms with E-state index in [4.69, 9.17) is 9.47 Å². The third kappa shape index (κ3) is 6.09. The first-order valence-electron chi connectivity index (χ1n) is 9.52. The predicted molar refractivity (Wildman–Crippen MR) is 127 cm³/mol. The summed E-state index contributed by atoms with van der Waals surface area (Å²) < 4.78 is 11.2. The SMILES string of the molecule is CCOc1ccc(C2(CNC(=NC)NCc3ccsc3)CCOCC2)cc1.I. The fraction of sp³-hybridized carbons (Fsp3) is 0.476. The lowest BCUT2D eigenvalue weighted by Crippen LogP contribution is -2.47. The highest BCUT2D eigenvalue weighted by Crippen LogP contribution is 2.35. The van der Waals surface area contributed by atoms with Crippen molar-refractivity contribution in [2.75, 3.05) is 33.4 Å². The van der Waals surface area contributed by atoms with Crippen LogP contribution < -0.4 is 15.4 Å². The number of nitrogens with zero attached hydrogens (tertiary/aromatic N) is 1. The molecule has 0 bridgehead atoms. The highest BCUT2D eigenvalue weighted by Gasteiger charge is 2.34. The van der Waals surface area contributed by atoms with Gasteiger partial charge >= 0.3 is 0 Å². The summed E-state index contributed by atoms with van der Waals surface area (Å²) in [6.45, 7) is 5.88. The molecule has 2 heterocycles. The first kappa shape index (κ1) is 23.0. The first-order valence-corrected chi connectivity index (χ1v) is 10.5. The van der Waals surface area contributed by atoms with Gasteiger partial charge in [-0.1, -0.05) is 12.1 Å². The van der Waals surface area contributed by atoms with Crippen molar-refractivity contribution >= 4 is 41.3 Å². The van der Waals surface area contributed by atoms with E-state index in [9.17, 15) is 0 Å². The molecule has 1 aromatic heterocycles. The average molecular weight is 515 g/mol. The van der Waals surface area contributed by atoms with E-state index in [-0.39, 0.29) is 29.4 Å². The predicted octanol–water partition coefficient (Wildman–Crippen LogP) is 4.18. The molecular formula is C21H30IN3O2S. The summed E-state index contributed by atoms with van der Waals surface area (Å²) in [6, 6.07) is 10.7. The van der Waals surface area contributed by atoms with E-state index in [1.165, 1.54) is 11.1 Å². The Morgan fingerprint density at radius 2 is 1.93 bits per heavy atom. The Morgan fingerprint density at radius 3 is 2.54 bits per heavy atom. The molecule has 0 radical (unpaired) electrons. The molecule has 2 aromatic rings. The highest BCUT2D eigenvalue weighted by molar-refractivity contribution is 14.0. The molecule has 1 aromatic carbocycles. The van der Waals surface area contributed by atoms with Crippen LogP contribution in [0.25, 0.3) is 0 Å². The van der Waals surface area contributed by atoms with E-state index in [2.05, 4.69) is 56.7 Å². The maximum absolute atomic E-state index is 5.64. The Bertz CT molecular complexity index is 714. The summed E-state index contributed by atoms with van der Waals surface area (Å²) in [4.78, 5) is 4.38. The standard InChI is InChI=1S/C21H29N3O2S.HI/c1-3-26-19-6-4-18(5-7-19)21(9-11-25-12-10-21)16-24-20(22-2)23-14-17-8-13-27-15-17;/h4-8,13,15H,3,9-12,14,16H2,1-2H3,(H2,22,23,24);1H. The van der Waals surface area contributed by atoms with E-state index < -0.39 is 0 Å². The fourth-order valence-corrected chi connectivity index (χ4v) is 4.12. The Balaban J connectivity index is 0.00000280. The number of benzene rings is 1. The lowest BCUT2D eigenvalue weighted by molar-refractivity contribution is 0.0513. The van der Waals surface area contributed by atoms with E-state index in [0.717, 1.165) is 50.9 Å². The number of thiophene rings is 1. The second-order valence-electron chi connectivity index (χ2n) is 6.76. The number of hydrogen-bond acceptors (Lipinski definition) is 4. The number of hydrogen-bond donors (Lipinski definition) is 2. The lowest BCUT2D eigenvalue weighted by Gasteiger charge is -2.38. The molecule has 5 nitrogen and oxygen atoms in total. The minimum atomic E-state index is 0. The van der Waals surface area contributed by atoms with Crippen LogP contribution in [0.3, 0.4) is 0 Å². The molecule has 1 saturated heterocycles. The summed E-state index contributed by atoms with van der Waals surface area (Å²) >= 11 is 1.71. The zero-order valence-electron chi connectivity index (χ0n) is 16.6. The minimum Gasteiger partial charge on any atom is -0.494 e. The summed E-state index contributed by atoms with van der Waals surface area (Å²) in [7, 11) is 1.82. The molecule has 1 aliphatic heterocycles. The summed E-state index contributed by atoms with van der Waals surface area (Å²) in [5.74, 6) is 1.75. The molecule has 1 fully saturated rings. The average Bonchev–Trinajstić information content (AvgIpc) is 3.23. The van der Waals surface area contributed by atoms with Gasteiger partial charge in [0.25, 0.3) is 0 Å². The van der Waals surface area contributed by atoms with Gasteiger partial charge in [-0.15, -0.1) is 24.0 Å². The van der Waals surface area contributed by atoms with Crippen molar-refractivity contribution in [2.45, 2.75) is 31.7 Å².